The van der Waals surface area contributed by atoms with Gasteiger partial charge in [0, 0.05) is 28.7 Å². The minimum atomic E-state index is -0.0482. The Balaban J connectivity index is 1.58. The first-order chi connectivity index (χ1) is 13.7. The summed E-state index contributed by atoms with van der Waals surface area (Å²) in [5, 5.41) is 7.83. The number of aryl methyl sites for hydroxylation is 1. The van der Waals surface area contributed by atoms with Crippen LogP contribution in [-0.2, 0) is 13.1 Å². The van der Waals surface area contributed by atoms with Crippen LogP contribution in [0, 0.1) is 6.92 Å². The fourth-order valence-electron chi connectivity index (χ4n) is 3.10. The van der Waals surface area contributed by atoms with E-state index in [-0.39, 0.29) is 5.91 Å². The van der Waals surface area contributed by atoms with E-state index in [2.05, 4.69) is 17.4 Å². The van der Waals surface area contributed by atoms with Gasteiger partial charge in [0.2, 0.25) is 0 Å². The minimum Gasteiger partial charge on any atom is -0.347 e. The molecule has 0 atom stereocenters. The molecule has 2 aromatic carbocycles. The van der Waals surface area contributed by atoms with Crippen molar-refractivity contribution in [2.75, 3.05) is 0 Å². The zero-order valence-electron chi connectivity index (χ0n) is 15.6. The van der Waals surface area contributed by atoms with Gasteiger partial charge in [0.25, 0.3) is 5.91 Å². The molecule has 2 heterocycles. The Bertz CT molecular complexity index is 1070. The Morgan fingerprint density at radius 1 is 1.00 bits per heavy atom. The van der Waals surface area contributed by atoms with Crippen molar-refractivity contribution in [2.45, 2.75) is 20.0 Å². The summed E-state index contributed by atoms with van der Waals surface area (Å²) in [6.07, 6.45) is 2.02. The normalized spacial score (nSPS) is 10.8. The van der Waals surface area contributed by atoms with E-state index in [0.29, 0.717) is 13.1 Å². The van der Waals surface area contributed by atoms with Gasteiger partial charge >= 0.3 is 0 Å². The number of hydrogen-bond donors (Lipinski definition) is 1. The highest BCUT2D eigenvalue weighted by atomic mass is 32.1. The molecule has 0 aliphatic heterocycles. The number of amides is 1. The average Bonchev–Trinajstić information content (AvgIpc) is 3.34. The zero-order valence-corrected chi connectivity index (χ0v) is 16.4. The molecular formula is C23H21N3OS. The predicted octanol–water partition coefficient (Wildman–Crippen LogP) is 4.90. The second-order valence-corrected chi connectivity index (χ2v) is 7.93. The monoisotopic (exact) mass is 387 g/mol. The molecular weight excluding hydrogens is 366 g/mol. The van der Waals surface area contributed by atoms with Crippen LogP contribution in [0.2, 0.25) is 0 Å². The lowest BCUT2D eigenvalue weighted by molar-refractivity contribution is 0.0955. The maximum atomic E-state index is 12.4. The number of carbonyl (C=O) groups excluding carboxylic acids is 1. The Morgan fingerprint density at radius 2 is 1.71 bits per heavy atom. The van der Waals surface area contributed by atoms with Gasteiger partial charge in [-0.1, -0.05) is 60.7 Å². The molecule has 0 aliphatic rings. The maximum absolute atomic E-state index is 12.4. The Morgan fingerprint density at radius 3 is 2.39 bits per heavy atom. The van der Waals surface area contributed by atoms with Crippen molar-refractivity contribution in [3.05, 3.63) is 99.9 Å². The second kappa shape index (κ2) is 8.23. The molecule has 0 saturated heterocycles. The first kappa shape index (κ1) is 18.2. The number of nitrogens with zero attached hydrogens (tertiary/aromatic N) is 2. The van der Waals surface area contributed by atoms with E-state index >= 15 is 0 Å². The predicted molar refractivity (Wildman–Crippen MR) is 113 cm³/mol. The Hall–Kier alpha value is -3.18. The highest BCUT2D eigenvalue weighted by Gasteiger charge is 2.14. The van der Waals surface area contributed by atoms with Crippen LogP contribution >= 0.6 is 11.3 Å². The Kier molecular flexibility index (Phi) is 5.35. The van der Waals surface area contributed by atoms with Gasteiger partial charge in [0.1, 0.15) is 0 Å². The van der Waals surface area contributed by atoms with E-state index in [0.717, 1.165) is 26.6 Å². The first-order valence-corrected chi connectivity index (χ1v) is 10.0. The first-order valence-electron chi connectivity index (χ1n) is 9.19. The molecule has 140 valence electrons. The molecule has 1 amide bonds. The molecule has 4 rings (SSSR count). The van der Waals surface area contributed by atoms with Gasteiger partial charge in [-0.05, 0) is 24.6 Å². The van der Waals surface area contributed by atoms with Crippen LogP contribution in [0.1, 0.15) is 25.7 Å². The van der Waals surface area contributed by atoms with Crippen molar-refractivity contribution in [3.63, 3.8) is 0 Å². The minimum absolute atomic E-state index is 0.0482. The second-order valence-electron chi connectivity index (χ2n) is 6.65. The van der Waals surface area contributed by atoms with Gasteiger partial charge in [0.15, 0.2) is 0 Å². The molecule has 4 aromatic rings. The van der Waals surface area contributed by atoms with Gasteiger partial charge < -0.3 is 5.32 Å². The van der Waals surface area contributed by atoms with Crippen molar-refractivity contribution in [1.29, 1.82) is 0 Å². The van der Waals surface area contributed by atoms with Crippen molar-refractivity contribution >= 4 is 17.2 Å². The summed E-state index contributed by atoms with van der Waals surface area (Å²) in [5.74, 6) is -0.0482. The van der Waals surface area contributed by atoms with Gasteiger partial charge in [0.05, 0.1) is 17.1 Å². The fourth-order valence-corrected chi connectivity index (χ4v) is 3.89. The number of carbonyl (C=O) groups is 1. The van der Waals surface area contributed by atoms with Crippen molar-refractivity contribution in [1.82, 2.24) is 15.1 Å². The van der Waals surface area contributed by atoms with Crippen molar-refractivity contribution in [2.24, 2.45) is 0 Å². The van der Waals surface area contributed by atoms with Crippen LogP contribution in [-0.4, -0.2) is 15.7 Å². The molecule has 0 spiro atoms. The number of aromatic nitrogens is 2. The molecule has 1 N–H and O–H groups in total. The highest BCUT2D eigenvalue weighted by Crippen LogP contribution is 2.23. The van der Waals surface area contributed by atoms with Crippen molar-refractivity contribution < 1.29 is 4.79 Å². The third-order valence-electron chi connectivity index (χ3n) is 4.48. The molecule has 0 aliphatic carbocycles. The highest BCUT2D eigenvalue weighted by molar-refractivity contribution is 7.13. The molecule has 0 bridgehead atoms. The number of rotatable bonds is 6. The van der Waals surface area contributed by atoms with Crippen LogP contribution in [0.5, 0.6) is 0 Å². The molecule has 0 fully saturated rings. The largest absolute Gasteiger partial charge is 0.347 e. The third kappa shape index (κ3) is 4.21. The lowest BCUT2D eigenvalue weighted by atomic mass is 10.1. The molecule has 0 unspecified atom stereocenters. The molecule has 0 radical (unpaired) electrons. The van der Waals surface area contributed by atoms with Crippen LogP contribution in [0.15, 0.2) is 79.0 Å². The van der Waals surface area contributed by atoms with Crippen LogP contribution in [0.3, 0.4) is 0 Å². The number of hydrogen-bond acceptors (Lipinski definition) is 3. The molecule has 4 nitrogen and oxygen atoms in total. The Labute approximate surface area is 168 Å². The van der Waals surface area contributed by atoms with E-state index in [9.17, 15) is 4.79 Å². The summed E-state index contributed by atoms with van der Waals surface area (Å²) in [5.41, 5.74) is 4.14. The lowest BCUT2D eigenvalue weighted by Gasteiger charge is -2.04. The van der Waals surface area contributed by atoms with E-state index in [1.807, 2.05) is 78.5 Å². The van der Waals surface area contributed by atoms with E-state index in [4.69, 9.17) is 5.10 Å². The van der Waals surface area contributed by atoms with E-state index in [1.165, 1.54) is 16.9 Å². The summed E-state index contributed by atoms with van der Waals surface area (Å²) < 4.78 is 1.94. The molecule has 2 aromatic heterocycles. The number of nitrogens with one attached hydrogen (secondary N) is 1. The summed E-state index contributed by atoms with van der Waals surface area (Å²) in [7, 11) is 0. The van der Waals surface area contributed by atoms with Crippen molar-refractivity contribution in [3.8, 4) is 11.3 Å². The smallest absolute Gasteiger partial charge is 0.261 e. The fraction of sp³-hybridized carbons (Fsp3) is 0.130. The van der Waals surface area contributed by atoms with E-state index < -0.39 is 0 Å². The summed E-state index contributed by atoms with van der Waals surface area (Å²) >= 11 is 1.51. The summed E-state index contributed by atoms with van der Waals surface area (Å²) in [6, 6.07) is 24.2. The average molecular weight is 388 g/mol. The quantitative estimate of drug-likeness (QED) is 0.512. The zero-order chi connectivity index (χ0) is 19.3. The molecule has 5 heteroatoms. The number of benzene rings is 2. The topological polar surface area (TPSA) is 46.9 Å². The molecule has 28 heavy (non-hydrogen) atoms. The number of thiophene rings is 1. The SMILES string of the molecule is Cc1ccc(C(=O)NCc2cn(Cc3ccccc3)nc2-c2ccccc2)s1. The summed E-state index contributed by atoms with van der Waals surface area (Å²) in [6.45, 7) is 3.14. The standard InChI is InChI=1S/C23H21N3OS/c1-17-12-13-21(28-17)23(27)24-14-20-16-26(15-18-8-4-2-5-9-18)25-22(20)19-10-6-3-7-11-19/h2-13,16H,14-15H2,1H3,(H,24,27). The lowest BCUT2D eigenvalue weighted by Crippen LogP contribution is -2.21. The van der Waals surface area contributed by atoms with Gasteiger partial charge in [-0.2, -0.15) is 5.10 Å². The molecule has 0 saturated carbocycles. The van der Waals surface area contributed by atoms with Gasteiger partial charge in [-0.3, -0.25) is 9.48 Å². The third-order valence-corrected chi connectivity index (χ3v) is 5.48. The van der Waals surface area contributed by atoms with Gasteiger partial charge in [-0.15, -0.1) is 11.3 Å². The van der Waals surface area contributed by atoms with Gasteiger partial charge in [-0.25, -0.2) is 0 Å². The van der Waals surface area contributed by atoms with Crippen LogP contribution in [0.25, 0.3) is 11.3 Å². The summed E-state index contributed by atoms with van der Waals surface area (Å²) in [4.78, 5) is 14.3. The maximum Gasteiger partial charge on any atom is 0.261 e. The van der Waals surface area contributed by atoms with Crippen LogP contribution < -0.4 is 5.32 Å². The van der Waals surface area contributed by atoms with Crippen LogP contribution in [0.4, 0.5) is 0 Å². The van der Waals surface area contributed by atoms with E-state index in [1.54, 1.807) is 0 Å².